The predicted molar refractivity (Wildman–Crippen MR) is 71.5 cm³/mol. The van der Waals surface area contributed by atoms with Gasteiger partial charge in [0.05, 0.1) is 26.4 Å². The van der Waals surface area contributed by atoms with Crippen LogP contribution in [0.25, 0.3) is 0 Å². The molecule has 0 radical (unpaired) electrons. The van der Waals surface area contributed by atoms with Crippen molar-refractivity contribution in [3.8, 4) is 0 Å². The summed E-state index contributed by atoms with van der Waals surface area (Å²) < 4.78 is 28.4. The lowest BCUT2D eigenvalue weighted by Gasteiger charge is -2.26. The SMILES string of the molecule is COC(=O)c1ccc(N[C@]2(C(=O)OC)CCOC2)cc1F. The first-order chi connectivity index (χ1) is 10.0. The Balaban J connectivity index is 2.24. The van der Waals surface area contributed by atoms with Gasteiger partial charge in [-0.05, 0) is 18.2 Å². The fourth-order valence-electron chi connectivity index (χ4n) is 2.22. The Labute approximate surface area is 121 Å². The van der Waals surface area contributed by atoms with Crippen LogP contribution in [0.2, 0.25) is 0 Å². The van der Waals surface area contributed by atoms with E-state index in [0.29, 0.717) is 18.7 Å². The van der Waals surface area contributed by atoms with Gasteiger partial charge in [0.15, 0.2) is 5.54 Å². The van der Waals surface area contributed by atoms with E-state index in [9.17, 15) is 14.0 Å². The summed E-state index contributed by atoms with van der Waals surface area (Å²) in [7, 11) is 2.46. The van der Waals surface area contributed by atoms with Crippen LogP contribution in [0.4, 0.5) is 10.1 Å². The van der Waals surface area contributed by atoms with Crippen LogP contribution in [0.3, 0.4) is 0 Å². The molecule has 114 valence electrons. The molecule has 1 saturated heterocycles. The summed E-state index contributed by atoms with van der Waals surface area (Å²) in [4.78, 5) is 23.2. The molecular formula is C14H16FNO5. The molecule has 0 aromatic heterocycles. The number of anilines is 1. The number of methoxy groups -OCH3 is 2. The molecule has 1 fully saturated rings. The molecule has 0 saturated carbocycles. The first kappa shape index (κ1) is 15.2. The molecule has 1 atom stereocenters. The van der Waals surface area contributed by atoms with Crippen LogP contribution in [-0.2, 0) is 19.0 Å². The van der Waals surface area contributed by atoms with Gasteiger partial charge in [0.25, 0.3) is 0 Å². The third kappa shape index (κ3) is 2.97. The smallest absolute Gasteiger partial charge is 0.340 e. The average molecular weight is 297 g/mol. The minimum Gasteiger partial charge on any atom is -0.467 e. The maximum absolute atomic E-state index is 13.9. The number of halogens is 1. The van der Waals surface area contributed by atoms with E-state index in [0.717, 1.165) is 6.07 Å². The Bertz CT molecular complexity index is 554. The van der Waals surface area contributed by atoms with Crippen LogP contribution in [0.15, 0.2) is 18.2 Å². The number of carbonyl (C=O) groups is 2. The zero-order chi connectivity index (χ0) is 15.5. The fraction of sp³-hybridized carbons (Fsp3) is 0.429. The molecule has 1 aromatic carbocycles. The second kappa shape index (κ2) is 6.09. The van der Waals surface area contributed by atoms with Crippen LogP contribution < -0.4 is 5.32 Å². The maximum atomic E-state index is 13.9. The quantitative estimate of drug-likeness (QED) is 0.846. The third-order valence-electron chi connectivity index (χ3n) is 3.36. The summed E-state index contributed by atoms with van der Waals surface area (Å²) in [6.45, 7) is 0.546. The second-order valence-corrected chi connectivity index (χ2v) is 4.69. The van der Waals surface area contributed by atoms with Crippen molar-refractivity contribution in [2.75, 3.05) is 32.8 Å². The van der Waals surface area contributed by atoms with Crippen molar-refractivity contribution in [1.82, 2.24) is 0 Å². The first-order valence-corrected chi connectivity index (χ1v) is 6.34. The highest BCUT2D eigenvalue weighted by Crippen LogP contribution is 2.27. The third-order valence-corrected chi connectivity index (χ3v) is 3.36. The largest absolute Gasteiger partial charge is 0.467 e. The highest BCUT2D eigenvalue weighted by Gasteiger charge is 2.43. The lowest BCUT2D eigenvalue weighted by atomic mass is 9.98. The highest BCUT2D eigenvalue weighted by atomic mass is 19.1. The normalized spacial score (nSPS) is 20.9. The van der Waals surface area contributed by atoms with Crippen molar-refractivity contribution >= 4 is 17.6 Å². The molecule has 1 aromatic rings. The van der Waals surface area contributed by atoms with Gasteiger partial charge in [-0.1, -0.05) is 0 Å². The van der Waals surface area contributed by atoms with Crippen LogP contribution in [-0.4, -0.2) is 44.9 Å². The fourth-order valence-corrected chi connectivity index (χ4v) is 2.22. The molecule has 1 aliphatic heterocycles. The molecule has 6 nitrogen and oxygen atoms in total. The summed E-state index contributed by atoms with van der Waals surface area (Å²) in [6, 6.07) is 3.93. The topological polar surface area (TPSA) is 73.9 Å². The number of hydrogen-bond acceptors (Lipinski definition) is 6. The molecule has 0 bridgehead atoms. The number of benzene rings is 1. The zero-order valence-corrected chi connectivity index (χ0v) is 11.8. The van der Waals surface area contributed by atoms with E-state index in [1.54, 1.807) is 0 Å². The monoisotopic (exact) mass is 297 g/mol. The Kier molecular flexibility index (Phi) is 4.42. The number of nitrogens with one attached hydrogen (secondary N) is 1. The van der Waals surface area contributed by atoms with Crippen molar-refractivity contribution in [2.45, 2.75) is 12.0 Å². The van der Waals surface area contributed by atoms with E-state index in [4.69, 9.17) is 9.47 Å². The van der Waals surface area contributed by atoms with Crippen LogP contribution in [0, 0.1) is 5.82 Å². The van der Waals surface area contributed by atoms with Gasteiger partial charge in [0.1, 0.15) is 5.82 Å². The number of esters is 2. The minimum absolute atomic E-state index is 0.139. The van der Waals surface area contributed by atoms with Crippen molar-refractivity contribution in [3.05, 3.63) is 29.6 Å². The highest BCUT2D eigenvalue weighted by molar-refractivity contribution is 5.90. The number of carbonyl (C=O) groups excluding carboxylic acids is 2. The Morgan fingerprint density at radius 2 is 2.10 bits per heavy atom. The summed E-state index contributed by atoms with van der Waals surface area (Å²) >= 11 is 0. The van der Waals surface area contributed by atoms with Crippen LogP contribution in [0.1, 0.15) is 16.8 Å². The van der Waals surface area contributed by atoms with Crippen LogP contribution in [0.5, 0.6) is 0 Å². The van der Waals surface area contributed by atoms with Gasteiger partial charge in [-0.25, -0.2) is 14.0 Å². The minimum atomic E-state index is -1.03. The van der Waals surface area contributed by atoms with Gasteiger partial charge in [0.2, 0.25) is 0 Å². The van der Waals surface area contributed by atoms with E-state index in [1.807, 2.05) is 0 Å². The molecule has 0 spiro atoms. The van der Waals surface area contributed by atoms with E-state index < -0.39 is 23.3 Å². The second-order valence-electron chi connectivity index (χ2n) is 4.69. The average Bonchev–Trinajstić information content (AvgIpc) is 2.95. The van der Waals surface area contributed by atoms with Gasteiger partial charge in [-0.3, -0.25) is 0 Å². The summed E-state index contributed by atoms with van der Waals surface area (Å²) in [5.74, 6) is -1.96. The van der Waals surface area contributed by atoms with E-state index >= 15 is 0 Å². The molecule has 0 unspecified atom stereocenters. The summed E-state index contributed by atoms with van der Waals surface area (Å²) in [5.41, 5.74) is -0.845. The van der Waals surface area contributed by atoms with Crippen molar-refractivity contribution in [2.24, 2.45) is 0 Å². The Morgan fingerprint density at radius 3 is 2.62 bits per heavy atom. The standard InChI is InChI=1S/C14H16FNO5/c1-19-12(17)10-4-3-9(7-11(10)15)16-14(13(18)20-2)5-6-21-8-14/h3-4,7,16H,5-6,8H2,1-2H3/t14-/m1/s1. The summed E-state index contributed by atoms with van der Waals surface area (Å²) in [6.07, 6.45) is 0.417. The van der Waals surface area contributed by atoms with Gasteiger partial charge in [-0.15, -0.1) is 0 Å². The van der Waals surface area contributed by atoms with Gasteiger partial charge in [0, 0.05) is 18.7 Å². The zero-order valence-electron chi connectivity index (χ0n) is 11.8. The van der Waals surface area contributed by atoms with E-state index in [-0.39, 0.29) is 12.2 Å². The van der Waals surface area contributed by atoms with Crippen molar-refractivity contribution in [3.63, 3.8) is 0 Å². The van der Waals surface area contributed by atoms with Crippen LogP contribution >= 0.6 is 0 Å². The molecule has 1 heterocycles. The van der Waals surface area contributed by atoms with Gasteiger partial charge >= 0.3 is 11.9 Å². The summed E-state index contributed by atoms with van der Waals surface area (Å²) in [5, 5.41) is 2.94. The molecule has 0 aliphatic carbocycles. The molecule has 21 heavy (non-hydrogen) atoms. The Hall–Kier alpha value is -2.15. The van der Waals surface area contributed by atoms with E-state index in [2.05, 4.69) is 10.1 Å². The molecule has 1 aliphatic rings. The van der Waals surface area contributed by atoms with Crippen molar-refractivity contribution in [1.29, 1.82) is 0 Å². The number of rotatable bonds is 4. The van der Waals surface area contributed by atoms with Gasteiger partial charge < -0.3 is 19.5 Å². The van der Waals surface area contributed by atoms with E-state index in [1.165, 1.54) is 26.4 Å². The van der Waals surface area contributed by atoms with Gasteiger partial charge in [-0.2, -0.15) is 0 Å². The lowest BCUT2D eigenvalue weighted by molar-refractivity contribution is -0.146. The number of ether oxygens (including phenoxy) is 3. The Morgan fingerprint density at radius 1 is 1.33 bits per heavy atom. The lowest BCUT2D eigenvalue weighted by Crippen LogP contribution is -2.47. The first-order valence-electron chi connectivity index (χ1n) is 6.34. The molecule has 7 heteroatoms. The molecule has 0 amide bonds. The maximum Gasteiger partial charge on any atom is 0.340 e. The predicted octanol–water partition coefficient (Wildman–Crippen LogP) is 1.36. The number of hydrogen-bond donors (Lipinski definition) is 1. The van der Waals surface area contributed by atoms with Crippen molar-refractivity contribution < 1.29 is 28.2 Å². The molecule has 2 rings (SSSR count). The molecular weight excluding hydrogens is 281 g/mol. The molecule has 1 N–H and O–H groups in total.